The van der Waals surface area contributed by atoms with E-state index in [-0.39, 0.29) is 5.78 Å². The van der Waals surface area contributed by atoms with E-state index in [0.717, 1.165) is 25.1 Å². The lowest BCUT2D eigenvalue weighted by molar-refractivity contribution is 0.0481. The van der Waals surface area contributed by atoms with E-state index >= 15 is 0 Å². The van der Waals surface area contributed by atoms with Crippen molar-refractivity contribution in [2.24, 2.45) is 0 Å². The Bertz CT molecular complexity index is 485. The number of halogens is 1. The maximum absolute atomic E-state index is 13.3. The zero-order valence-electron chi connectivity index (χ0n) is 11.4. The third-order valence-corrected chi connectivity index (χ3v) is 3.74. The van der Waals surface area contributed by atoms with Gasteiger partial charge in [0.1, 0.15) is 5.82 Å². The summed E-state index contributed by atoms with van der Waals surface area (Å²) in [6, 6.07) is 4.33. The highest BCUT2D eigenvalue weighted by molar-refractivity contribution is 5.99. The molecule has 0 radical (unpaired) electrons. The maximum atomic E-state index is 13.3. The van der Waals surface area contributed by atoms with Crippen molar-refractivity contribution in [1.29, 1.82) is 0 Å². The average molecular weight is 265 g/mol. The summed E-state index contributed by atoms with van der Waals surface area (Å²) in [6.45, 7) is 4.75. The molecule has 0 spiro atoms. The first-order valence-corrected chi connectivity index (χ1v) is 6.67. The molecule has 1 atom stereocenters. The molecule has 0 amide bonds. The lowest BCUT2D eigenvalue weighted by Crippen LogP contribution is -2.29. The van der Waals surface area contributed by atoms with Crippen molar-refractivity contribution < 1.29 is 14.3 Å². The number of nitrogens with zero attached hydrogens (tertiary/aromatic N) is 1. The van der Waals surface area contributed by atoms with Crippen LogP contribution in [0, 0.1) is 5.82 Å². The van der Waals surface area contributed by atoms with E-state index in [0.29, 0.717) is 18.5 Å². The van der Waals surface area contributed by atoms with E-state index in [9.17, 15) is 14.3 Å². The standard InChI is InChI=1S/C15H20FNO2/c1-11(18)13-10-12(16)4-5-14(13)17-8-3-6-15(2,19)7-9-17/h4-5,10,19H,3,6-9H2,1-2H3. The molecule has 19 heavy (non-hydrogen) atoms. The number of hydrogen-bond donors (Lipinski definition) is 1. The predicted molar refractivity (Wildman–Crippen MR) is 73.1 cm³/mol. The monoisotopic (exact) mass is 265 g/mol. The smallest absolute Gasteiger partial charge is 0.161 e. The fourth-order valence-electron chi connectivity index (χ4n) is 2.57. The third kappa shape index (κ3) is 3.32. The summed E-state index contributed by atoms with van der Waals surface area (Å²) < 4.78 is 13.3. The van der Waals surface area contributed by atoms with Gasteiger partial charge >= 0.3 is 0 Å². The van der Waals surface area contributed by atoms with Crippen LogP contribution in [0.4, 0.5) is 10.1 Å². The van der Waals surface area contributed by atoms with Gasteiger partial charge in [0.15, 0.2) is 5.78 Å². The quantitative estimate of drug-likeness (QED) is 0.836. The molecule has 1 N–H and O–H groups in total. The second-order valence-corrected chi connectivity index (χ2v) is 5.56. The fraction of sp³-hybridized carbons (Fsp3) is 0.533. The predicted octanol–water partition coefficient (Wildman–Crippen LogP) is 2.77. The molecule has 0 aliphatic carbocycles. The van der Waals surface area contributed by atoms with Crippen LogP contribution in [-0.4, -0.2) is 29.6 Å². The SMILES string of the molecule is CC(=O)c1cc(F)ccc1N1CCCC(C)(O)CC1. The number of Topliss-reactive ketones (excluding diaryl/α,β-unsaturated/α-hetero) is 1. The van der Waals surface area contributed by atoms with Crippen LogP contribution in [-0.2, 0) is 0 Å². The van der Waals surface area contributed by atoms with Crippen LogP contribution in [0.3, 0.4) is 0 Å². The summed E-state index contributed by atoms with van der Waals surface area (Å²) in [7, 11) is 0. The Morgan fingerprint density at radius 2 is 2.11 bits per heavy atom. The van der Waals surface area contributed by atoms with E-state index < -0.39 is 11.4 Å². The van der Waals surface area contributed by atoms with Gasteiger partial charge in [-0.05, 0) is 51.3 Å². The number of anilines is 1. The van der Waals surface area contributed by atoms with Crippen molar-refractivity contribution in [3.8, 4) is 0 Å². The number of benzene rings is 1. The number of ketones is 1. The topological polar surface area (TPSA) is 40.5 Å². The second kappa shape index (κ2) is 5.29. The molecular weight excluding hydrogens is 245 g/mol. The highest BCUT2D eigenvalue weighted by Crippen LogP contribution is 2.28. The molecule has 3 nitrogen and oxygen atoms in total. The highest BCUT2D eigenvalue weighted by Gasteiger charge is 2.26. The molecular formula is C15H20FNO2. The van der Waals surface area contributed by atoms with E-state index in [2.05, 4.69) is 4.90 Å². The lowest BCUT2D eigenvalue weighted by atomic mass is 9.98. The normalized spacial score (nSPS) is 24.1. The zero-order chi connectivity index (χ0) is 14.0. The van der Waals surface area contributed by atoms with Crippen LogP contribution >= 0.6 is 0 Å². The summed E-state index contributed by atoms with van der Waals surface area (Å²) in [5.41, 5.74) is 0.540. The minimum absolute atomic E-state index is 0.134. The van der Waals surface area contributed by atoms with Gasteiger partial charge in [0.2, 0.25) is 0 Å². The molecule has 1 heterocycles. The maximum Gasteiger partial charge on any atom is 0.161 e. The van der Waals surface area contributed by atoms with Gasteiger partial charge in [-0.15, -0.1) is 0 Å². The van der Waals surface area contributed by atoms with Gasteiger partial charge in [-0.2, -0.15) is 0 Å². The summed E-state index contributed by atoms with van der Waals surface area (Å²) in [6.07, 6.45) is 2.27. The van der Waals surface area contributed by atoms with Crippen molar-refractivity contribution in [1.82, 2.24) is 0 Å². The minimum atomic E-state index is -0.648. The summed E-state index contributed by atoms with van der Waals surface area (Å²) >= 11 is 0. The van der Waals surface area contributed by atoms with E-state index in [1.807, 2.05) is 6.92 Å². The molecule has 0 bridgehead atoms. The number of rotatable bonds is 2. The number of aliphatic hydroxyl groups is 1. The molecule has 1 aromatic rings. The molecule has 0 aromatic heterocycles. The van der Waals surface area contributed by atoms with Crippen LogP contribution in [0.2, 0.25) is 0 Å². The first-order chi connectivity index (χ1) is 8.89. The summed E-state index contributed by atoms with van der Waals surface area (Å²) in [5, 5.41) is 10.1. The average Bonchev–Trinajstić information content (AvgIpc) is 2.50. The molecule has 1 fully saturated rings. The molecule has 1 unspecified atom stereocenters. The van der Waals surface area contributed by atoms with Crippen molar-refractivity contribution in [3.05, 3.63) is 29.6 Å². The van der Waals surface area contributed by atoms with E-state index in [1.165, 1.54) is 19.1 Å². The molecule has 1 aliphatic rings. The summed E-state index contributed by atoms with van der Waals surface area (Å²) in [5.74, 6) is -0.527. The number of hydrogen-bond acceptors (Lipinski definition) is 3. The Morgan fingerprint density at radius 1 is 1.37 bits per heavy atom. The Hall–Kier alpha value is -1.42. The molecule has 1 aliphatic heterocycles. The molecule has 2 rings (SSSR count). The Labute approximate surface area is 113 Å². The first-order valence-electron chi connectivity index (χ1n) is 6.67. The summed E-state index contributed by atoms with van der Waals surface area (Å²) in [4.78, 5) is 13.7. The van der Waals surface area contributed by atoms with Gasteiger partial charge in [-0.3, -0.25) is 4.79 Å². The molecule has 1 aromatic carbocycles. The number of carbonyl (C=O) groups excluding carboxylic acids is 1. The van der Waals surface area contributed by atoms with Gasteiger partial charge < -0.3 is 10.0 Å². The fourth-order valence-corrected chi connectivity index (χ4v) is 2.57. The Balaban J connectivity index is 2.29. The molecule has 1 saturated heterocycles. The number of carbonyl (C=O) groups is 1. The van der Waals surface area contributed by atoms with Gasteiger partial charge in [0, 0.05) is 24.3 Å². The Morgan fingerprint density at radius 3 is 2.79 bits per heavy atom. The van der Waals surface area contributed by atoms with Crippen molar-refractivity contribution >= 4 is 11.5 Å². The third-order valence-electron chi connectivity index (χ3n) is 3.74. The van der Waals surface area contributed by atoms with Gasteiger partial charge in [0.05, 0.1) is 5.60 Å². The molecule has 0 saturated carbocycles. The van der Waals surface area contributed by atoms with Crippen LogP contribution in [0.5, 0.6) is 0 Å². The van der Waals surface area contributed by atoms with Crippen molar-refractivity contribution in [2.75, 3.05) is 18.0 Å². The van der Waals surface area contributed by atoms with Crippen molar-refractivity contribution in [2.45, 2.75) is 38.7 Å². The van der Waals surface area contributed by atoms with Crippen LogP contribution < -0.4 is 4.90 Å². The van der Waals surface area contributed by atoms with Crippen LogP contribution in [0.25, 0.3) is 0 Å². The lowest BCUT2D eigenvalue weighted by Gasteiger charge is -2.26. The van der Waals surface area contributed by atoms with Crippen LogP contribution in [0.15, 0.2) is 18.2 Å². The first kappa shape index (κ1) is 14.0. The zero-order valence-corrected chi connectivity index (χ0v) is 11.4. The highest BCUT2D eigenvalue weighted by atomic mass is 19.1. The largest absolute Gasteiger partial charge is 0.390 e. The Kier molecular flexibility index (Phi) is 3.90. The second-order valence-electron chi connectivity index (χ2n) is 5.56. The van der Waals surface area contributed by atoms with E-state index in [1.54, 1.807) is 6.07 Å². The van der Waals surface area contributed by atoms with Gasteiger partial charge in [-0.1, -0.05) is 0 Å². The van der Waals surface area contributed by atoms with E-state index in [4.69, 9.17) is 0 Å². The van der Waals surface area contributed by atoms with Gasteiger partial charge in [-0.25, -0.2) is 4.39 Å². The van der Waals surface area contributed by atoms with Crippen molar-refractivity contribution in [3.63, 3.8) is 0 Å². The van der Waals surface area contributed by atoms with Crippen LogP contribution in [0.1, 0.15) is 43.5 Å². The molecule has 104 valence electrons. The minimum Gasteiger partial charge on any atom is -0.390 e. The molecule has 4 heteroatoms. The van der Waals surface area contributed by atoms with Gasteiger partial charge in [0.25, 0.3) is 0 Å².